The van der Waals surface area contributed by atoms with Gasteiger partial charge in [0, 0.05) is 5.41 Å². The fourth-order valence-corrected chi connectivity index (χ4v) is 1.62. The molecule has 0 aliphatic heterocycles. The van der Waals surface area contributed by atoms with Gasteiger partial charge in [0.1, 0.15) is 11.4 Å². The molecule has 90 valence electrons. The Balaban J connectivity index is 3.46. The molecule has 1 aromatic rings. The lowest BCUT2D eigenvalue weighted by Gasteiger charge is -2.23. The summed E-state index contributed by atoms with van der Waals surface area (Å²) < 4.78 is 0. The first kappa shape index (κ1) is 13.4. The van der Waals surface area contributed by atoms with Crippen molar-refractivity contribution in [3.8, 4) is 0 Å². The number of aliphatic hydroxyl groups is 1. The molecule has 4 heteroatoms. The van der Waals surface area contributed by atoms with Crippen molar-refractivity contribution in [1.29, 1.82) is 0 Å². The number of hydrogen-bond donors (Lipinski definition) is 1. The molecule has 1 aromatic heterocycles. The summed E-state index contributed by atoms with van der Waals surface area (Å²) in [5.41, 5.74) is -0.00884. The minimum Gasteiger partial charge on any atom is -0.384 e. The lowest BCUT2D eigenvalue weighted by Crippen LogP contribution is -2.24. The van der Waals surface area contributed by atoms with Gasteiger partial charge in [-0.15, -0.1) is 0 Å². The maximum absolute atomic E-state index is 10.0. The van der Waals surface area contributed by atoms with Crippen molar-refractivity contribution in [2.24, 2.45) is 0 Å². The van der Waals surface area contributed by atoms with Gasteiger partial charge in [0.2, 0.25) is 0 Å². The van der Waals surface area contributed by atoms with Gasteiger partial charge in [0.25, 0.3) is 0 Å². The highest BCUT2D eigenvalue weighted by Gasteiger charge is 2.27. The highest BCUT2D eigenvalue weighted by Crippen LogP contribution is 2.30. The summed E-state index contributed by atoms with van der Waals surface area (Å²) in [4.78, 5) is 8.75. The standard InChI is InChI=1S/C12H19ClN2O/c1-7-8(13)9(12(5,6)16)15-10(14-7)11(2,3)4/h16H,1-6H3. The van der Waals surface area contributed by atoms with Crippen LogP contribution in [0.2, 0.25) is 5.02 Å². The van der Waals surface area contributed by atoms with Crippen LogP contribution in [0.25, 0.3) is 0 Å². The summed E-state index contributed by atoms with van der Waals surface area (Å²) in [6.07, 6.45) is 0. The Hall–Kier alpha value is -0.670. The van der Waals surface area contributed by atoms with Crippen molar-refractivity contribution in [1.82, 2.24) is 9.97 Å². The molecule has 0 radical (unpaired) electrons. The van der Waals surface area contributed by atoms with Crippen LogP contribution in [0.3, 0.4) is 0 Å². The minimum atomic E-state index is -1.05. The Morgan fingerprint density at radius 3 is 1.94 bits per heavy atom. The average molecular weight is 243 g/mol. The maximum atomic E-state index is 10.0. The van der Waals surface area contributed by atoms with E-state index in [0.717, 1.165) is 0 Å². The van der Waals surface area contributed by atoms with Gasteiger partial charge in [-0.1, -0.05) is 32.4 Å². The molecule has 0 aromatic carbocycles. The van der Waals surface area contributed by atoms with Crippen LogP contribution in [-0.2, 0) is 11.0 Å². The minimum absolute atomic E-state index is 0.157. The van der Waals surface area contributed by atoms with Crippen LogP contribution in [0.4, 0.5) is 0 Å². The molecule has 0 aliphatic carbocycles. The Kier molecular flexibility index (Phi) is 3.32. The molecule has 0 aliphatic rings. The van der Waals surface area contributed by atoms with Crippen molar-refractivity contribution >= 4 is 11.6 Å². The zero-order chi connectivity index (χ0) is 12.7. The Morgan fingerprint density at radius 1 is 1.06 bits per heavy atom. The topological polar surface area (TPSA) is 46.0 Å². The van der Waals surface area contributed by atoms with Gasteiger partial charge >= 0.3 is 0 Å². The van der Waals surface area contributed by atoms with E-state index in [1.807, 2.05) is 27.7 Å². The summed E-state index contributed by atoms with van der Waals surface area (Å²) in [6, 6.07) is 0. The van der Waals surface area contributed by atoms with Gasteiger partial charge in [-0.2, -0.15) is 0 Å². The largest absolute Gasteiger partial charge is 0.384 e. The van der Waals surface area contributed by atoms with Gasteiger partial charge in [0.05, 0.1) is 16.4 Å². The van der Waals surface area contributed by atoms with Crippen molar-refractivity contribution in [3.63, 3.8) is 0 Å². The lowest BCUT2D eigenvalue weighted by molar-refractivity contribution is 0.0732. The van der Waals surface area contributed by atoms with Gasteiger partial charge < -0.3 is 5.11 Å². The summed E-state index contributed by atoms with van der Waals surface area (Å²) >= 11 is 6.11. The number of rotatable bonds is 1. The van der Waals surface area contributed by atoms with Crippen molar-refractivity contribution in [2.75, 3.05) is 0 Å². The van der Waals surface area contributed by atoms with E-state index >= 15 is 0 Å². The highest BCUT2D eigenvalue weighted by molar-refractivity contribution is 6.31. The fraction of sp³-hybridized carbons (Fsp3) is 0.667. The van der Waals surface area contributed by atoms with Gasteiger partial charge in [-0.3, -0.25) is 0 Å². The van der Waals surface area contributed by atoms with Crippen LogP contribution < -0.4 is 0 Å². The van der Waals surface area contributed by atoms with Crippen molar-refractivity contribution in [2.45, 2.75) is 52.6 Å². The SMILES string of the molecule is Cc1nc(C(C)(C)C)nc(C(C)(C)O)c1Cl. The van der Waals surface area contributed by atoms with E-state index in [9.17, 15) is 5.11 Å². The van der Waals surface area contributed by atoms with Crippen LogP contribution in [0.5, 0.6) is 0 Å². The molecule has 16 heavy (non-hydrogen) atoms. The van der Waals surface area contributed by atoms with E-state index in [1.165, 1.54) is 0 Å². The summed E-state index contributed by atoms with van der Waals surface area (Å²) in [6.45, 7) is 11.3. The third-order valence-corrected chi connectivity index (χ3v) is 2.72. The average Bonchev–Trinajstić information content (AvgIpc) is 2.05. The number of halogens is 1. The van der Waals surface area contributed by atoms with E-state index in [1.54, 1.807) is 13.8 Å². The van der Waals surface area contributed by atoms with Crippen LogP contribution >= 0.6 is 11.6 Å². The second kappa shape index (κ2) is 3.97. The summed E-state index contributed by atoms with van der Waals surface area (Å²) in [5.74, 6) is 0.700. The molecule has 0 saturated carbocycles. The summed E-state index contributed by atoms with van der Waals surface area (Å²) in [7, 11) is 0. The molecule has 0 atom stereocenters. The predicted octanol–water partition coefficient (Wildman–Crippen LogP) is 2.96. The molecular formula is C12H19ClN2O. The van der Waals surface area contributed by atoms with E-state index in [-0.39, 0.29) is 5.41 Å². The Bertz CT molecular complexity index is 403. The Labute approximate surface area is 102 Å². The zero-order valence-corrected chi connectivity index (χ0v) is 11.5. The number of aryl methyl sites for hydroxylation is 1. The molecular weight excluding hydrogens is 224 g/mol. The van der Waals surface area contributed by atoms with Crippen LogP contribution in [0, 0.1) is 6.92 Å². The van der Waals surface area contributed by atoms with Gasteiger partial charge in [-0.05, 0) is 20.8 Å². The van der Waals surface area contributed by atoms with E-state index in [4.69, 9.17) is 11.6 Å². The van der Waals surface area contributed by atoms with Crippen LogP contribution in [0.1, 0.15) is 51.8 Å². The quantitative estimate of drug-likeness (QED) is 0.824. The van der Waals surface area contributed by atoms with Crippen molar-refractivity contribution in [3.05, 3.63) is 22.2 Å². The summed E-state index contributed by atoms with van der Waals surface area (Å²) in [5, 5.41) is 10.5. The molecule has 0 bridgehead atoms. The molecule has 0 saturated heterocycles. The third-order valence-electron chi connectivity index (χ3n) is 2.27. The normalized spacial score (nSPS) is 13.0. The zero-order valence-electron chi connectivity index (χ0n) is 10.7. The molecule has 1 N–H and O–H groups in total. The molecule has 1 rings (SSSR count). The lowest BCUT2D eigenvalue weighted by atomic mass is 9.94. The van der Waals surface area contributed by atoms with E-state index < -0.39 is 5.60 Å². The smallest absolute Gasteiger partial charge is 0.134 e. The molecule has 3 nitrogen and oxygen atoms in total. The molecule has 0 amide bonds. The molecule has 0 spiro atoms. The second-order valence-electron chi connectivity index (χ2n) is 5.60. The van der Waals surface area contributed by atoms with E-state index in [2.05, 4.69) is 9.97 Å². The molecule has 0 unspecified atom stereocenters. The van der Waals surface area contributed by atoms with Crippen LogP contribution in [-0.4, -0.2) is 15.1 Å². The first-order valence-electron chi connectivity index (χ1n) is 5.31. The first-order valence-corrected chi connectivity index (χ1v) is 5.68. The second-order valence-corrected chi connectivity index (χ2v) is 5.98. The highest BCUT2D eigenvalue weighted by atomic mass is 35.5. The van der Waals surface area contributed by atoms with Crippen molar-refractivity contribution < 1.29 is 5.11 Å². The van der Waals surface area contributed by atoms with E-state index in [0.29, 0.717) is 22.2 Å². The third kappa shape index (κ3) is 2.71. The van der Waals surface area contributed by atoms with Gasteiger partial charge in [0.15, 0.2) is 0 Å². The maximum Gasteiger partial charge on any atom is 0.134 e. The predicted molar refractivity (Wildman–Crippen MR) is 65.7 cm³/mol. The molecule has 1 heterocycles. The number of aromatic nitrogens is 2. The Morgan fingerprint density at radius 2 is 1.56 bits per heavy atom. The number of nitrogens with zero attached hydrogens (tertiary/aromatic N) is 2. The van der Waals surface area contributed by atoms with Gasteiger partial charge in [-0.25, -0.2) is 9.97 Å². The first-order chi connectivity index (χ1) is 7.03. The number of hydrogen-bond acceptors (Lipinski definition) is 3. The van der Waals surface area contributed by atoms with Crippen LogP contribution in [0.15, 0.2) is 0 Å². The monoisotopic (exact) mass is 242 g/mol. The molecule has 0 fully saturated rings. The fourth-order valence-electron chi connectivity index (χ4n) is 1.30.